The van der Waals surface area contributed by atoms with Gasteiger partial charge < -0.3 is 0 Å². The van der Waals surface area contributed by atoms with Crippen LogP contribution in [0.5, 0.6) is 0 Å². The van der Waals surface area contributed by atoms with Crippen LogP contribution in [0.15, 0.2) is 30.3 Å². The van der Waals surface area contributed by atoms with Crippen molar-refractivity contribution in [3.05, 3.63) is 30.3 Å². The largest absolute Gasteiger partial charge is 0.195 e. The van der Waals surface area contributed by atoms with Gasteiger partial charge in [-0.3, -0.25) is 0 Å². The molecule has 0 aliphatic heterocycles. The van der Waals surface area contributed by atoms with Gasteiger partial charge in [-0.25, -0.2) is 0 Å². The molecule has 1 atom stereocenters. The van der Waals surface area contributed by atoms with Crippen LogP contribution in [-0.4, -0.2) is 7.00 Å². The van der Waals surface area contributed by atoms with Crippen LogP contribution in [-0.2, 0) is 0 Å². The monoisotopic (exact) mass is 248 g/mol. The molecule has 1 unspecified atom stereocenters. The van der Waals surface area contributed by atoms with Crippen molar-refractivity contribution >= 4 is 40.6 Å². The van der Waals surface area contributed by atoms with Crippen LogP contribution in [0.4, 0.5) is 0 Å². The molecule has 0 heterocycles. The molecule has 0 N–H and O–H groups in total. The minimum Gasteiger partial charge on any atom is -0.0886 e. The zero-order chi connectivity index (χ0) is 6.53. The summed E-state index contributed by atoms with van der Waals surface area (Å²) >= 11 is 2.42. The predicted octanol–water partition coefficient (Wildman–Crippen LogP) is 1.69. The Labute approximate surface area is 70.9 Å². The van der Waals surface area contributed by atoms with Gasteiger partial charge >= 0.3 is 0 Å². The first-order chi connectivity index (χ1) is 4.43. The van der Waals surface area contributed by atoms with Gasteiger partial charge in [0.1, 0.15) is 0 Å². The van der Waals surface area contributed by atoms with Crippen LogP contribution < -0.4 is 5.46 Å². The molecular weight excluding hydrogens is 241 g/mol. The van der Waals surface area contributed by atoms with E-state index in [1.165, 1.54) is 12.5 Å². The van der Waals surface area contributed by atoms with E-state index in [9.17, 15) is 0 Å². The van der Waals surface area contributed by atoms with Crippen molar-refractivity contribution in [1.82, 2.24) is 0 Å². The molecule has 9 heavy (non-hydrogen) atoms. The highest BCUT2D eigenvalue weighted by molar-refractivity contribution is 14.2. The summed E-state index contributed by atoms with van der Waals surface area (Å²) in [6.45, 7) is 1.22. The second kappa shape index (κ2) is 4.29. The SMILES string of the molecule is IPBc1ccccc1. The van der Waals surface area contributed by atoms with Crippen molar-refractivity contribution in [2.75, 3.05) is 0 Å². The topological polar surface area (TPSA) is 0 Å². The summed E-state index contributed by atoms with van der Waals surface area (Å²) in [5.74, 6) is 0. The minimum absolute atomic E-state index is 1.01. The third-order valence-corrected chi connectivity index (χ3v) is 2.80. The fourth-order valence-corrected chi connectivity index (χ4v) is 2.38. The molecule has 0 radical (unpaired) electrons. The summed E-state index contributed by atoms with van der Waals surface area (Å²) in [6, 6.07) is 10.6. The summed E-state index contributed by atoms with van der Waals surface area (Å²) in [5.41, 5.74) is 1.45. The Kier molecular flexibility index (Phi) is 3.60. The van der Waals surface area contributed by atoms with E-state index in [2.05, 4.69) is 52.4 Å². The fraction of sp³-hybridized carbons (Fsp3) is 0. The Morgan fingerprint density at radius 3 is 2.44 bits per heavy atom. The van der Waals surface area contributed by atoms with Gasteiger partial charge in [0, 0.05) is 0 Å². The van der Waals surface area contributed by atoms with Crippen LogP contribution in [0.2, 0.25) is 0 Å². The molecule has 0 nitrogen and oxygen atoms in total. The van der Waals surface area contributed by atoms with E-state index in [1.807, 2.05) is 0 Å². The molecule has 1 rings (SSSR count). The van der Waals surface area contributed by atoms with Gasteiger partial charge in [-0.2, -0.15) is 0 Å². The maximum atomic E-state index is 2.42. The third-order valence-electron chi connectivity index (χ3n) is 1.11. The van der Waals surface area contributed by atoms with E-state index in [0.29, 0.717) is 0 Å². The van der Waals surface area contributed by atoms with Crippen LogP contribution >= 0.6 is 28.1 Å². The maximum absolute atomic E-state index is 2.42. The van der Waals surface area contributed by atoms with Crippen molar-refractivity contribution in [3.63, 3.8) is 0 Å². The summed E-state index contributed by atoms with van der Waals surface area (Å²) < 4.78 is 0. The number of rotatable bonds is 2. The van der Waals surface area contributed by atoms with E-state index >= 15 is 0 Å². The van der Waals surface area contributed by atoms with Crippen molar-refractivity contribution in [3.8, 4) is 0 Å². The van der Waals surface area contributed by atoms with Gasteiger partial charge in [-0.15, -0.1) is 0 Å². The standard InChI is InChI=1S/C6H7BIP/c8-9-7-6-4-2-1-3-5-6/h1-5,7,9H. The lowest BCUT2D eigenvalue weighted by Gasteiger charge is -1.91. The molecule has 3 heteroatoms. The van der Waals surface area contributed by atoms with Crippen LogP contribution in [0.25, 0.3) is 0 Å². The smallest absolute Gasteiger partial charge is 0.0886 e. The van der Waals surface area contributed by atoms with Gasteiger partial charge in [0.05, 0.1) is 0 Å². The molecule has 0 aliphatic carbocycles. The third kappa shape index (κ3) is 2.68. The molecule has 0 aliphatic rings. The minimum atomic E-state index is 1.01. The highest BCUT2D eigenvalue weighted by Gasteiger charge is 1.88. The normalized spacial score (nSPS) is 10.3. The molecule has 0 spiro atoms. The molecule has 46 valence electrons. The molecule has 0 fully saturated rings. The van der Waals surface area contributed by atoms with Crippen LogP contribution in [0, 0.1) is 0 Å². The first-order valence-electron chi connectivity index (χ1n) is 2.81. The molecule has 1 aromatic carbocycles. The second-order valence-corrected chi connectivity index (χ2v) is 4.71. The van der Waals surface area contributed by atoms with Gasteiger partial charge in [0.25, 0.3) is 0 Å². The summed E-state index contributed by atoms with van der Waals surface area (Å²) in [4.78, 5) is 0. The summed E-state index contributed by atoms with van der Waals surface area (Å²) in [7, 11) is 0. The maximum Gasteiger partial charge on any atom is 0.195 e. The average Bonchev–Trinajstić information content (AvgIpc) is 1.91. The molecule has 0 aromatic heterocycles. The highest BCUT2D eigenvalue weighted by atomic mass is 127. The van der Waals surface area contributed by atoms with E-state index in [1.54, 1.807) is 0 Å². The van der Waals surface area contributed by atoms with Gasteiger partial charge in [0.2, 0.25) is 0 Å². The Balaban J connectivity index is 2.61. The Morgan fingerprint density at radius 1 is 1.22 bits per heavy atom. The molecule has 0 saturated carbocycles. The fourth-order valence-electron chi connectivity index (χ4n) is 0.673. The Hall–Kier alpha value is 0.445. The molecular formula is C6H7BIP. The van der Waals surface area contributed by atoms with Crippen LogP contribution in [0.3, 0.4) is 0 Å². The van der Waals surface area contributed by atoms with Crippen molar-refractivity contribution < 1.29 is 0 Å². The van der Waals surface area contributed by atoms with Crippen molar-refractivity contribution in [2.45, 2.75) is 0 Å². The molecule has 0 saturated heterocycles. The lowest BCUT2D eigenvalue weighted by Crippen LogP contribution is -2.06. The first-order valence-corrected chi connectivity index (χ1v) is 7.13. The van der Waals surface area contributed by atoms with Crippen LogP contribution in [0.1, 0.15) is 0 Å². The first kappa shape index (κ1) is 7.55. The van der Waals surface area contributed by atoms with Gasteiger partial charge in [0.15, 0.2) is 7.00 Å². The number of hydrogen-bond donors (Lipinski definition) is 0. The second-order valence-electron chi connectivity index (χ2n) is 1.80. The average molecular weight is 248 g/mol. The number of benzene rings is 1. The molecule has 0 bridgehead atoms. The van der Waals surface area contributed by atoms with Gasteiger partial charge in [-0.05, 0) is 0 Å². The van der Waals surface area contributed by atoms with E-state index in [-0.39, 0.29) is 0 Å². The zero-order valence-corrected chi connectivity index (χ0v) is 8.13. The van der Waals surface area contributed by atoms with E-state index in [4.69, 9.17) is 0 Å². The van der Waals surface area contributed by atoms with Crippen molar-refractivity contribution in [1.29, 1.82) is 0 Å². The Morgan fingerprint density at radius 2 is 1.89 bits per heavy atom. The summed E-state index contributed by atoms with van der Waals surface area (Å²) in [6.07, 6.45) is 1.01. The summed E-state index contributed by atoms with van der Waals surface area (Å²) in [5, 5.41) is 0. The predicted molar refractivity (Wildman–Crippen MR) is 55.6 cm³/mol. The van der Waals surface area contributed by atoms with E-state index < -0.39 is 0 Å². The lowest BCUT2D eigenvalue weighted by atomic mass is 9.95. The quantitative estimate of drug-likeness (QED) is 0.424. The number of halogens is 1. The zero-order valence-electron chi connectivity index (χ0n) is 4.97. The van der Waals surface area contributed by atoms with Gasteiger partial charge in [-0.1, -0.05) is 63.9 Å². The molecule has 1 aromatic rings. The number of hydrogen-bond acceptors (Lipinski definition) is 0. The Bertz CT molecular complexity index is 166. The lowest BCUT2D eigenvalue weighted by molar-refractivity contribution is 1.77. The highest BCUT2D eigenvalue weighted by Crippen LogP contribution is 2.16. The van der Waals surface area contributed by atoms with E-state index in [0.717, 1.165) is 6.10 Å². The molecule has 0 amide bonds. The van der Waals surface area contributed by atoms with Crippen molar-refractivity contribution in [2.24, 2.45) is 0 Å².